The van der Waals surface area contributed by atoms with E-state index in [1.165, 1.54) is 0 Å². The third kappa shape index (κ3) is 3.85. The van der Waals surface area contributed by atoms with Gasteiger partial charge in [-0.15, -0.1) is 0 Å². The predicted octanol–water partition coefficient (Wildman–Crippen LogP) is 2.45. The van der Waals surface area contributed by atoms with E-state index in [4.69, 9.17) is 9.51 Å². The molecule has 1 saturated heterocycles. The standard InChI is InChI=1S/C21H29N5O3/c1-4-14-11-17(24-29-14)21(28)26-9-6-5-7-18(26)19-22-16-8-10-25(13(2)3)12-15(16)20(27)23-19/h11,13,18H,4-10,12H2,1-3H3,(H,22,23,27). The zero-order valence-electron chi connectivity index (χ0n) is 17.4. The van der Waals surface area contributed by atoms with Gasteiger partial charge in [-0.25, -0.2) is 4.98 Å². The fourth-order valence-corrected chi connectivity index (χ4v) is 4.25. The highest BCUT2D eigenvalue weighted by molar-refractivity contribution is 5.92. The summed E-state index contributed by atoms with van der Waals surface area (Å²) >= 11 is 0. The zero-order valence-corrected chi connectivity index (χ0v) is 17.4. The molecule has 2 aliphatic rings. The molecule has 0 bridgehead atoms. The molecule has 1 N–H and O–H groups in total. The number of carbonyl (C=O) groups excluding carboxylic acids is 1. The summed E-state index contributed by atoms with van der Waals surface area (Å²) in [5, 5.41) is 3.94. The fraction of sp³-hybridized carbons (Fsp3) is 0.619. The highest BCUT2D eigenvalue weighted by Gasteiger charge is 2.33. The Labute approximate surface area is 170 Å². The Morgan fingerprint density at radius 3 is 2.90 bits per heavy atom. The average molecular weight is 399 g/mol. The SMILES string of the molecule is CCc1cc(C(=O)N2CCCCC2c2nc3c(c(=O)[nH]2)CN(C(C)C)CC3)no1. The van der Waals surface area contributed by atoms with Crippen LogP contribution in [0.3, 0.4) is 0 Å². The second-order valence-corrected chi connectivity index (χ2v) is 8.23. The van der Waals surface area contributed by atoms with Crippen molar-refractivity contribution in [1.82, 2.24) is 24.9 Å². The molecular formula is C21H29N5O3. The molecule has 0 spiro atoms. The highest BCUT2D eigenvalue weighted by atomic mass is 16.5. The van der Waals surface area contributed by atoms with Gasteiger partial charge in [0.1, 0.15) is 11.6 Å². The summed E-state index contributed by atoms with van der Waals surface area (Å²) in [7, 11) is 0. The van der Waals surface area contributed by atoms with E-state index >= 15 is 0 Å². The van der Waals surface area contributed by atoms with E-state index in [1.807, 2.05) is 6.92 Å². The van der Waals surface area contributed by atoms with Gasteiger partial charge in [-0.3, -0.25) is 14.5 Å². The molecule has 0 aliphatic carbocycles. The zero-order chi connectivity index (χ0) is 20.5. The van der Waals surface area contributed by atoms with Gasteiger partial charge in [-0.1, -0.05) is 12.1 Å². The molecule has 4 rings (SSSR count). The number of hydrogen-bond acceptors (Lipinski definition) is 6. The minimum atomic E-state index is -0.237. The van der Waals surface area contributed by atoms with Crippen molar-refractivity contribution in [3.8, 4) is 0 Å². The Morgan fingerprint density at radius 1 is 1.34 bits per heavy atom. The third-order valence-corrected chi connectivity index (χ3v) is 6.05. The first-order chi connectivity index (χ1) is 14.0. The molecule has 4 heterocycles. The molecule has 1 amide bonds. The summed E-state index contributed by atoms with van der Waals surface area (Å²) in [6.07, 6.45) is 4.16. The van der Waals surface area contributed by atoms with Gasteiger partial charge in [-0.2, -0.15) is 0 Å². The van der Waals surface area contributed by atoms with Crippen LogP contribution in [-0.4, -0.2) is 50.0 Å². The molecule has 1 atom stereocenters. The largest absolute Gasteiger partial charge is 0.361 e. The number of hydrogen-bond donors (Lipinski definition) is 1. The van der Waals surface area contributed by atoms with Gasteiger partial charge < -0.3 is 14.4 Å². The van der Waals surface area contributed by atoms with Gasteiger partial charge in [0.15, 0.2) is 5.69 Å². The number of amides is 1. The van der Waals surface area contributed by atoms with Crippen molar-refractivity contribution in [3.05, 3.63) is 45.0 Å². The van der Waals surface area contributed by atoms with Crippen molar-refractivity contribution in [2.75, 3.05) is 13.1 Å². The molecule has 0 radical (unpaired) electrons. The van der Waals surface area contributed by atoms with Crippen LogP contribution in [0.5, 0.6) is 0 Å². The smallest absolute Gasteiger partial charge is 0.276 e. The van der Waals surface area contributed by atoms with Crippen molar-refractivity contribution < 1.29 is 9.32 Å². The van der Waals surface area contributed by atoms with Crippen molar-refractivity contribution >= 4 is 5.91 Å². The van der Waals surface area contributed by atoms with E-state index in [0.717, 1.165) is 43.5 Å². The lowest BCUT2D eigenvalue weighted by molar-refractivity contribution is 0.0588. The molecular weight excluding hydrogens is 370 g/mol. The molecule has 8 nitrogen and oxygen atoms in total. The van der Waals surface area contributed by atoms with Crippen molar-refractivity contribution in [2.45, 2.75) is 71.5 Å². The second kappa shape index (κ2) is 8.10. The van der Waals surface area contributed by atoms with Crippen LogP contribution in [0, 0.1) is 0 Å². The molecule has 2 aromatic heterocycles. The minimum absolute atomic E-state index is 0.0805. The minimum Gasteiger partial charge on any atom is -0.361 e. The number of aryl methyl sites for hydroxylation is 1. The maximum absolute atomic E-state index is 13.1. The molecule has 1 unspecified atom stereocenters. The number of piperidine rings is 1. The van der Waals surface area contributed by atoms with Crippen LogP contribution in [0.25, 0.3) is 0 Å². The fourth-order valence-electron chi connectivity index (χ4n) is 4.25. The molecule has 1 fully saturated rings. The van der Waals surface area contributed by atoms with Crippen molar-refractivity contribution in [1.29, 1.82) is 0 Å². The van der Waals surface area contributed by atoms with E-state index in [-0.39, 0.29) is 17.5 Å². The number of carbonyl (C=O) groups is 1. The number of nitrogens with one attached hydrogen (secondary N) is 1. The van der Waals surface area contributed by atoms with Crippen LogP contribution in [0.4, 0.5) is 0 Å². The van der Waals surface area contributed by atoms with Crippen LogP contribution >= 0.6 is 0 Å². The second-order valence-electron chi connectivity index (χ2n) is 8.23. The maximum atomic E-state index is 13.1. The normalized spacial score (nSPS) is 20.1. The number of nitrogens with zero attached hydrogens (tertiary/aromatic N) is 4. The lowest BCUT2D eigenvalue weighted by Gasteiger charge is -2.35. The number of fused-ring (bicyclic) bond motifs is 1. The Kier molecular flexibility index (Phi) is 5.54. The van der Waals surface area contributed by atoms with Crippen molar-refractivity contribution in [2.24, 2.45) is 0 Å². The van der Waals surface area contributed by atoms with E-state index in [9.17, 15) is 9.59 Å². The van der Waals surface area contributed by atoms with E-state index in [0.29, 0.717) is 42.8 Å². The number of H-pyrrole nitrogens is 1. The summed E-state index contributed by atoms with van der Waals surface area (Å²) in [5.41, 5.74) is 1.87. The highest BCUT2D eigenvalue weighted by Crippen LogP contribution is 2.30. The Morgan fingerprint density at radius 2 is 2.17 bits per heavy atom. The van der Waals surface area contributed by atoms with Crippen LogP contribution in [0.15, 0.2) is 15.4 Å². The van der Waals surface area contributed by atoms with Crippen LogP contribution < -0.4 is 5.56 Å². The number of rotatable bonds is 4. The summed E-state index contributed by atoms with van der Waals surface area (Å²) in [6.45, 7) is 8.38. The first kappa shape index (κ1) is 19.8. The molecule has 156 valence electrons. The summed E-state index contributed by atoms with van der Waals surface area (Å²) < 4.78 is 5.21. The van der Waals surface area contributed by atoms with Gasteiger partial charge >= 0.3 is 0 Å². The summed E-state index contributed by atoms with van der Waals surface area (Å²) in [4.78, 5) is 37.8. The lowest BCUT2D eigenvalue weighted by atomic mass is 9.99. The quantitative estimate of drug-likeness (QED) is 0.849. The molecule has 8 heteroatoms. The number of aromatic amines is 1. The first-order valence-electron chi connectivity index (χ1n) is 10.6. The molecule has 29 heavy (non-hydrogen) atoms. The predicted molar refractivity (Wildman–Crippen MR) is 108 cm³/mol. The van der Waals surface area contributed by atoms with Gasteiger partial charge in [-0.05, 0) is 33.1 Å². The van der Waals surface area contributed by atoms with E-state index in [1.54, 1.807) is 11.0 Å². The Hall–Kier alpha value is -2.48. The lowest BCUT2D eigenvalue weighted by Crippen LogP contribution is -2.42. The van der Waals surface area contributed by atoms with Gasteiger partial charge in [0, 0.05) is 44.6 Å². The van der Waals surface area contributed by atoms with Crippen molar-refractivity contribution in [3.63, 3.8) is 0 Å². The van der Waals surface area contributed by atoms with Gasteiger partial charge in [0.25, 0.3) is 11.5 Å². The Bertz CT molecular complexity index is 948. The summed E-state index contributed by atoms with van der Waals surface area (Å²) in [5.74, 6) is 1.13. The maximum Gasteiger partial charge on any atom is 0.276 e. The number of likely N-dealkylation sites (tertiary alicyclic amines) is 1. The summed E-state index contributed by atoms with van der Waals surface area (Å²) in [6, 6.07) is 1.86. The topological polar surface area (TPSA) is 95.3 Å². The van der Waals surface area contributed by atoms with Gasteiger partial charge in [0.2, 0.25) is 0 Å². The first-order valence-corrected chi connectivity index (χ1v) is 10.6. The molecule has 2 aliphatic heterocycles. The third-order valence-electron chi connectivity index (χ3n) is 6.05. The average Bonchev–Trinajstić information content (AvgIpc) is 3.22. The molecule has 0 aromatic carbocycles. The monoisotopic (exact) mass is 399 g/mol. The van der Waals surface area contributed by atoms with Crippen LogP contribution in [0.2, 0.25) is 0 Å². The van der Waals surface area contributed by atoms with E-state index in [2.05, 4.69) is 28.9 Å². The van der Waals surface area contributed by atoms with Crippen LogP contribution in [-0.2, 0) is 19.4 Å². The molecule has 2 aromatic rings. The molecule has 0 saturated carbocycles. The van der Waals surface area contributed by atoms with Crippen LogP contribution in [0.1, 0.15) is 79.4 Å². The number of aromatic nitrogens is 3. The Balaban J connectivity index is 1.63. The van der Waals surface area contributed by atoms with E-state index < -0.39 is 0 Å². The van der Waals surface area contributed by atoms with Gasteiger partial charge in [0.05, 0.1) is 17.3 Å².